The summed E-state index contributed by atoms with van der Waals surface area (Å²) in [5.74, 6) is 2.04. The third kappa shape index (κ3) is 24.9. The summed E-state index contributed by atoms with van der Waals surface area (Å²) >= 11 is 0. The number of rotatable bonds is 36. The fraction of sp³-hybridized carbons (Fsp3) is 0.750. The Bertz CT molecular complexity index is 949. The van der Waals surface area contributed by atoms with E-state index in [0.29, 0.717) is 0 Å². The van der Waals surface area contributed by atoms with Crippen LogP contribution in [0.15, 0.2) is 48.5 Å². The second-order valence-electron chi connectivity index (χ2n) is 15.4. The molecule has 280 valence electrons. The number of aryl methyl sites for hydroxylation is 1. The first-order valence-electron chi connectivity index (χ1n) is 22.2. The first-order chi connectivity index (χ1) is 24.3. The highest BCUT2D eigenvalue weighted by molar-refractivity contribution is 5.43. The molecular weight excluding hydrogens is 593 g/mol. The van der Waals surface area contributed by atoms with Crippen molar-refractivity contribution in [2.45, 2.75) is 232 Å². The molecule has 0 aromatic heterocycles. The van der Waals surface area contributed by atoms with Crippen LogP contribution >= 0.6 is 0 Å². The predicted molar refractivity (Wildman–Crippen MR) is 219 cm³/mol. The third-order valence-corrected chi connectivity index (χ3v) is 10.8. The van der Waals surface area contributed by atoms with E-state index in [1.54, 1.807) is 0 Å². The van der Waals surface area contributed by atoms with Gasteiger partial charge < -0.3 is 4.74 Å². The minimum Gasteiger partial charge on any atom is -0.457 e. The molecule has 2 aromatic rings. The zero-order chi connectivity index (χ0) is 34.7. The van der Waals surface area contributed by atoms with E-state index < -0.39 is 0 Å². The molecular formula is C48H82O. The molecule has 0 atom stereocenters. The van der Waals surface area contributed by atoms with Gasteiger partial charge in [-0.2, -0.15) is 0 Å². The van der Waals surface area contributed by atoms with Gasteiger partial charge >= 0.3 is 0 Å². The summed E-state index contributed by atoms with van der Waals surface area (Å²) in [4.78, 5) is 0. The largest absolute Gasteiger partial charge is 0.457 e. The van der Waals surface area contributed by atoms with Crippen molar-refractivity contribution in [1.29, 1.82) is 0 Å². The van der Waals surface area contributed by atoms with Crippen molar-refractivity contribution < 1.29 is 4.74 Å². The van der Waals surface area contributed by atoms with Gasteiger partial charge in [-0.3, -0.25) is 0 Å². The number of benzene rings is 2. The lowest BCUT2D eigenvalue weighted by Crippen LogP contribution is -1.99. The smallest absolute Gasteiger partial charge is 0.130 e. The van der Waals surface area contributed by atoms with Crippen LogP contribution in [0.3, 0.4) is 0 Å². The Morgan fingerprint density at radius 3 is 1.06 bits per heavy atom. The van der Waals surface area contributed by atoms with Crippen molar-refractivity contribution in [2.24, 2.45) is 0 Å². The molecule has 1 heteroatoms. The molecule has 0 unspecified atom stereocenters. The average molecular weight is 675 g/mol. The highest BCUT2D eigenvalue weighted by Gasteiger charge is 2.11. The van der Waals surface area contributed by atoms with Gasteiger partial charge in [0.15, 0.2) is 0 Å². The van der Waals surface area contributed by atoms with Crippen molar-refractivity contribution in [3.8, 4) is 11.5 Å². The highest BCUT2D eigenvalue weighted by atomic mass is 16.5. The molecule has 0 saturated carbocycles. The molecule has 0 bridgehead atoms. The molecule has 1 nitrogen and oxygen atoms in total. The van der Waals surface area contributed by atoms with Gasteiger partial charge in [-0.05, 0) is 55.0 Å². The maximum Gasteiger partial charge on any atom is 0.130 e. The van der Waals surface area contributed by atoms with Crippen LogP contribution in [-0.4, -0.2) is 0 Å². The van der Waals surface area contributed by atoms with Gasteiger partial charge in [-0.15, -0.1) is 0 Å². The predicted octanol–water partition coefficient (Wildman–Crippen LogP) is 17.1. The number of ether oxygens (including phenoxy) is 1. The molecule has 2 aromatic carbocycles. The normalized spacial score (nSPS) is 11.4. The van der Waals surface area contributed by atoms with E-state index in [-0.39, 0.29) is 0 Å². The first kappa shape index (κ1) is 43.4. The van der Waals surface area contributed by atoms with Crippen LogP contribution in [-0.2, 0) is 12.8 Å². The molecule has 0 spiro atoms. The average Bonchev–Trinajstić information content (AvgIpc) is 3.12. The van der Waals surface area contributed by atoms with Crippen LogP contribution in [0.5, 0.6) is 11.5 Å². The van der Waals surface area contributed by atoms with Crippen molar-refractivity contribution in [1.82, 2.24) is 0 Å². The Morgan fingerprint density at radius 1 is 0.327 bits per heavy atom. The van der Waals surface area contributed by atoms with E-state index in [4.69, 9.17) is 4.74 Å². The monoisotopic (exact) mass is 675 g/mol. The van der Waals surface area contributed by atoms with E-state index in [9.17, 15) is 0 Å². The fourth-order valence-corrected chi connectivity index (χ4v) is 7.55. The Morgan fingerprint density at radius 2 is 0.673 bits per heavy atom. The molecule has 0 heterocycles. The molecule has 0 radical (unpaired) electrons. The molecule has 0 aliphatic carbocycles. The van der Waals surface area contributed by atoms with E-state index in [0.717, 1.165) is 17.9 Å². The van der Waals surface area contributed by atoms with Gasteiger partial charge in [-0.1, -0.05) is 237 Å². The summed E-state index contributed by atoms with van der Waals surface area (Å²) in [5.41, 5.74) is 3.00. The number of para-hydroxylation sites is 1. The van der Waals surface area contributed by atoms with Crippen molar-refractivity contribution in [3.05, 3.63) is 59.7 Å². The maximum absolute atomic E-state index is 6.46. The highest BCUT2D eigenvalue weighted by Crippen LogP contribution is 2.31. The van der Waals surface area contributed by atoms with Crippen molar-refractivity contribution in [3.63, 3.8) is 0 Å². The Hall–Kier alpha value is -1.76. The topological polar surface area (TPSA) is 9.23 Å². The Balaban J connectivity index is 1.58. The Kier molecular flexibility index (Phi) is 29.6. The third-order valence-electron chi connectivity index (χ3n) is 10.8. The lowest BCUT2D eigenvalue weighted by atomic mass is 9.95. The maximum atomic E-state index is 6.46. The van der Waals surface area contributed by atoms with Crippen LogP contribution < -0.4 is 4.74 Å². The molecule has 0 aliphatic rings. The molecule has 0 fully saturated rings. The summed E-state index contributed by atoms with van der Waals surface area (Å²) in [6.07, 6.45) is 47.9. The second kappa shape index (κ2) is 33.4. The lowest BCUT2D eigenvalue weighted by molar-refractivity contribution is 0.472. The molecule has 0 N–H and O–H groups in total. The van der Waals surface area contributed by atoms with Gasteiger partial charge in [0, 0.05) is 0 Å². The van der Waals surface area contributed by atoms with Gasteiger partial charge in [0.2, 0.25) is 0 Å². The summed E-state index contributed by atoms with van der Waals surface area (Å²) < 4.78 is 6.46. The van der Waals surface area contributed by atoms with Crippen LogP contribution in [0.1, 0.15) is 230 Å². The minimum absolute atomic E-state index is 0.954. The van der Waals surface area contributed by atoms with Gasteiger partial charge in [0.25, 0.3) is 0 Å². The van der Waals surface area contributed by atoms with Crippen molar-refractivity contribution >= 4 is 0 Å². The summed E-state index contributed by atoms with van der Waals surface area (Å²) in [6, 6.07) is 17.2. The van der Waals surface area contributed by atoms with Crippen molar-refractivity contribution in [2.75, 3.05) is 0 Å². The molecule has 2 rings (SSSR count). The standard InChI is InChI=1S/C48H82O/c1-3-5-7-9-11-13-15-17-19-21-23-25-27-29-31-34-39-45-40-38-44-48(49-46-41-35-33-36-42-46)47(45)43-37-32-30-28-26-24-22-20-18-16-14-12-10-8-6-4-2/h33,35-36,38,40-42,44H,3-32,34,37,39,43H2,1-2H3. The van der Waals surface area contributed by atoms with E-state index in [1.807, 2.05) is 0 Å². The van der Waals surface area contributed by atoms with Gasteiger partial charge in [0.1, 0.15) is 11.5 Å². The van der Waals surface area contributed by atoms with Crippen LogP contribution in [0.2, 0.25) is 0 Å². The van der Waals surface area contributed by atoms with E-state index >= 15 is 0 Å². The second-order valence-corrected chi connectivity index (χ2v) is 15.4. The van der Waals surface area contributed by atoms with E-state index in [1.165, 1.54) is 223 Å². The zero-order valence-corrected chi connectivity index (χ0v) is 33.1. The summed E-state index contributed by atoms with van der Waals surface area (Å²) in [5, 5.41) is 0. The summed E-state index contributed by atoms with van der Waals surface area (Å²) in [7, 11) is 0. The zero-order valence-electron chi connectivity index (χ0n) is 33.1. The first-order valence-corrected chi connectivity index (χ1v) is 22.2. The quantitative estimate of drug-likeness (QED) is 0.0654. The summed E-state index contributed by atoms with van der Waals surface area (Å²) in [6.45, 7) is 4.61. The Labute approximate surface area is 307 Å². The van der Waals surface area contributed by atoms with Gasteiger partial charge in [-0.25, -0.2) is 0 Å². The number of hydrogen-bond acceptors (Lipinski definition) is 1. The minimum atomic E-state index is 0.954. The molecule has 0 saturated heterocycles. The molecule has 0 amide bonds. The lowest BCUT2D eigenvalue weighted by Gasteiger charge is -2.16. The fourth-order valence-electron chi connectivity index (χ4n) is 7.55. The molecule has 0 aliphatic heterocycles. The number of hydrogen-bond donors (Lipinski definition) is 0. The van der Waals surface area contributed by atoms with Crippen LogP contribution in [0.4, 0.5) is 0 Å². The van der Waals surface area contributed by atoms with Gasteiger partial charge in [0.05, 0.1) is 0 Å². The number of unbranched alkanes of at least 4 members (excludes halogenated alkanes) is 30. The van der Waals surface area contributed by atoms with E-state index in [2.05, 4.69) is 62.4 Å². The van der Waals surface area contributed by atoms with Crippen LogP contribution in [0.25, 0.3) is 0 Å². The van der Waals surface area contributed by atoms with Crippen LogP contribution in [0, 0.1) is 0 Å². The molecule has 49 heavy (non-hydrogen) atoms. The SMILES string of the molecule is CCCCCCCCCCCCCCCCCCc1cccc(Oc2ccccc2)c1CCCCCCCCCCCCCCCCCC.